The Balaban J connectivity index is 2.15. The Morgan fingerprint density at radius 1 is 1.24 bits per heavy atom. The summed E-state index contributed by atoms with van der Waals surface area (Å²) >= 11 is 0. The van der Waals surface area contributed by atoms with Gasteiger partial charge in [0.05, 0.1) is 12.8 Å². The fourth-order valence-electron chi connectivity index (χ4n) is 2.06. The van der Waals surface area contributed by atoms with E-state index >= 15 is 0 Å². The first-order valence-electron chi connectivity index (χ1n) is 7.04. The number of nitrogens with one attached hydrogen (secondary N) is 1. The van der Waals surface area contributed by atoms with Gasteiger partial charge in [-0.1, -0.05) is 12.1 Å². The SMILES string of the molecule is CNC(C)c1ccc(OCc2ncccc2C)c(OC)c1. The molecule has 4 heteroatoms. The molecule has 0 bridgehead atoms. The normalized spacial score (nSPS) is 12.0. The molecule has 1 atom stereocenters. The molecule has 2 aromatic rings. The summed E-state index contributed by atoms with van der Waals surface area (Å²) in [7, 11) is 3.59. The number of ether oxygens (including phenoxy) is 2. The fraction of sp³-hybridized carbons (Fsp3) is 0.353. The van der Waals surface area contributed by atoms with Crippen molar-refractivity contribution >= 4 is 0 Å². The highest BCUT2D eigenvalue weighted by molar-refractivity contribution is 5.43. The van der Waals surface area contributed by atoms with Crippen molar-refractivity contribution in [2.45, 2.75) is 26.5 Å². The zero-order valence-corrected chi connectivity index (χ0v) is 13.0. The van der Waals surface area contributed by atoms with Crippen LogP contribution in [0.4, 0.5) is 0 Å². The lowest BCUT2D eigenvalue weighted by atomic mass is 10.1. The highest BCUT2D eigenvalue weighted by Crippen LogP contribution is 2.30. The number of aromatic nitrogens is 1. The van der Waals surface area contributed by atoms with Crippen LogP contribution in [-0.2, 0) is 6.61 Å². The number of nitrogens with zero attached hydrogens (tertiary/aromatic N) is 1. The van der Waals surface area contributed by atoms with Crippen molar-refractivity contribution in [3.05, 3.63) is 53.3 Å². The van der Waals surface area contributed by atoms with Gasteiger partial charge in [-0.3, -0.25) is 4.98 Å². The largest absolute Gasteiger partial charge is 0.493 e. The third-order valence-corrected chi connectivity index (χ3v) is 3.60. The number of benzene rings is 1. The van der Waals surface area contributed by atoms with Crippen molar-refractivity contribution in [1.29, 1.82) is 0 Å². The maximum absolute atomic E-state index is 5.86. The molecule has 1 aromatic carbocycles. The first-order chi connectivity index (χ1) is 10.2. The second-order valence-corrected chi connectivity index (χ2v) is 4.98. The van der Waals surface area contributed by atoms with Crippen molar-refractivity contribution in [2.75, 3.05) is 14.2 Å². The molecule has 0 aliphatic carbocycles. The molecule has 0 fully saturated rings. The predicted molar refractivity (Wildman–Crippen MR) is 83.8 cm³/mol. The van der Waals surface area contributed by atoms with Crippen LogP contribution in [0.25, 0.3) is 0 Å². The third kappa shape index (κ3) is 3.73. The Kier molecular flexibility index (Phi) is 5.17. The molecule has 4 nitrogen and oxygen atoms in total. The number of hydrogen-bond acceptors (Lipinski definition) is 4. The van der Waals surface area contributed by atoms with Crippen LogP contribution in [0.2, 0.25) is 0 Å². The van der Waals surface area contributed by atoms with Gasteiger partial charge in [0, 0.05) is 12.2 Å². The average molecular weight is 286 g/mol. The van der Waals surface area contributed by atoms with Crippen LogP contribution in [0, 0.1) is 6.92 Å². The van der Waals surface area contributed by atoms with Crippen molar-refractivity contribution in [3.8, 4) is 11.5 Å². The zero-order valence-electron chi connectivity index (χ0n) is 13.0. The number of hydrogen-bond donors (Lipinski definition) is 1. The van der Waals surface area contributed by atoms with E-state index in [4.69, 9.17) is 9.47 Å². The van der Waals surface area contributed by atoms with E-state index in [1.54, 1.807) is 13.3 Å². The van der Waals surface area contributed by atoms with Gasteiger partial charge in [0.15, 0.2) is 11.5 Å². The molecular formula is C17H22N2O2. The van der Waals surface area contributed by atoms with E-state index in [9.17, 15) is 0 Å². The molecule has 1 unspecified atom stereocenters. The van der Waals surface area contributed by atoms with Gasteiger partial charge in [0.2, 0.25) is 0 Å². The lowest BCUT2D eigenvalue weighted by molar-refractivity contribution is 0.279. The number of methoxy groups -OCH3 is 1. The number of aryl methyl sites for hydroxylation is 1. The maximum Gasteiger partial charge on any atom is 0.161 e. The van der Waals surface area contributed by atoms with Crippen LogP contribution in [0.3, 0.4) is 0 Å². The molecule has 1 N–H and O–H groups in total. The van der Waals surface area contributed by atoms with E-state index in [-0.39, 0.29) is 6.04 Å². The smallest absolute Gasteiger partial charge is 0.161 e. The Labute approximate surface area is 126 Å². The number of pyridine rings is 1. The van der Waals surface area contributed by atoms with Crippen LogP contribution in [0.5, 0.6) is 11.5 Å². The minimum absolute atomic E-state index is 0.269. The first kappa shape index (κ1) is 15.3. The van der Waals surface area contributed by atoms with Crippen molar-refractivity contribution in [3.63, 3.8) is 0 Å². The molecular weight excluding hydrogens is 264 g/mol. The minimum Gasteiger partial charge on any atom is -0.493 e. The van der Waals surface area contributed by atoms with E-state index in [0.29, 0.717) is 6.61 Å². The summed E-state index contributed by atoms with van der Waals surface area (Å²) in [5.74, 6) is 1.47. The third-order valence-electron chi connectivity index (χ3n) is 3.60. The lowest BCUT2D eigenvalue weighted by Crippen LogP contribution is -2.12. The van der Waals surface area contributed by atoms with Gasteiger partial charge in [0.1, 0.15) is 6.61 Å². The van der Waals surface area contributed by atoms with E-state index in [1.807, 2.05) is 44.3 Å². The molecule has 0 amide bonds. The molecule has 112 valence electrons. The summed E-state index contributed by atoms with van der Waals surface area (Å²) in [5.41, 5.74) is 3.22. The highest BCUT2D eigenvalue weighted by atomic mass is 16.5. The minimum atomic E-state index is 0.269. The summed E-state index contributed by atoms with van der Waals surface area (Å²) in [6, 6.07) is 10.2. The standard InChI is InChI=1S/C17H22N2O2/c1-12-6-5-9-19-15(12)11-21-16-8-7-14(13(2)18-3)10-17(16)20-4/h5-10,13,18H,11H2,1-4H3. The topological polar surface area (TPSA) is 43.4 Å². The molecule has 0 spiro atoms. The zero-order chi connectivity index (χ0) is 15.2. The van der Waals surface area contributed by atoms with Gasteiger partial charge < -0.3 is 14.8 Å². The van der Waals surface area contributed by atoms with Crippen LogP contribution in [0.15, 0.2) is 36.5 Å². The van der Waals surface area contributed by atoms with E-state index < -0.39 is 0 Å². The van der Waals surface area contributed by atoms with Gasteiger partial charge in [-0.25, -0.2) is 0 Å². The van der Waals surface area contributed by atoms with Gasteiger partial charge in [-0.2, -0.15) is 0 Å². The molecule has 0 radical (unpaired) electrons. The van der Waals surface area contributed by atoms with E-state index in [1.165, 1.54) is 0 Å². The van der Waals surface area contributed by atoms with Gasteiger partial charge in [-0.05, 0) is 50.2 Å². The summed E-state index contributed by atoms with van der Waals surface area (Å²) in [6.45, 7) is 4.57. The summed E-state index contributed by atoms with van der Waals surface area (Å²) in [6.07, 6.45) is 1.78. The van der Waals surface area contributed by atoms with E-state index in [0.717, 1.165) is 28.3 Å². The number of rotatable bonds is 6. The Morgan fingerprint density at radius 3 is 2.71 bits per heavy atom. The van der Waals surface area contributed by atoms with Crippen molar-refractivity contribution < 1.29 is 9.47 Å². The molecule has 0 aliphatic rings. The van der Waals surface area contributed by atoms with Crippen molar-refractivity contribution in [2.24, 2.45) is 0 Å². The summed E-state index contributed by atoms with van der Waals surface area (Å²) in [5, 5.41) is 3.21. The lowest BCUT2D eigenvalue weighted by Gasteiger charge is -2.15. The molecule has 0 saturated carbocycles. The van der Waals surface area contributed by atoms with Gasteiger partial charge >= 0.3 is 0 Å². The molecule has 0 aliphatic heterocycles. The van der Waals surface area contributed by atoms with Crippen LogP contribution < -0.4 is 14.8 Å². The van der Waals surface area contributed by atoms with E-state index in [2.05, 4.69) is 17.2 Å². The molecule has 0 saturated heterocycles. The van der Waals surface area contributed by atoms with Gasteiger partial charge in [0.25, 0.3) is 0 Å². The average Bonchev–Trinajstić information content (AvgIpc) is 2.53. The molecule has 1 heterocycles. The highest BCUT2D eigenvalue weighted by Gasteiger charge is 2.10. The van der Waals surface area contributed by atoms with Crippen LogP contribution >= 0.6 is 0 Å². The maximum atomic E-state index is 5.86. The Bertz CT molecular complexity index is 599. The Hall–Kier alpha value is -2.07. The van der Waals surface area contributed by atoms with Crippen LogP contribution in [-0.4, -0.2) is 19.1 Å². The molecule has 2 rings (SSSR count). The second kappa shape index (κ2) is 7.09. The molecule has 21 heavy (non-hydrogen) atoms. The summed E-state index contributed by atoms with van der Waals surface area (Å²) in [4.78, 5) is 4.33. The van der Waals surface area contributed by atoms with Crippen molar-refractivity contribution in [1.82, 2.24) is 10.3 Å². The summed E-state index contributed by atoms with van der Waals surface area (Å²) < 4.78 is 11.3. The predicted octanol–water partition coefficient (Wildman–Crippen LogP) is 3.26. The molecule has 1 aromatic heterocycles. The monoisotopic (exact) mass is 286 g/mol. The Morgan fingerprint density at radius 2 is 2.05 bits per heavy atom. The quantitative estimate of drug-likeness (QED) is 0.885. The van der Waals surface area contributed by atoms with Crippen LogP contribution in [0.1, 0.15) is 29.8 Å². The fourth-order valence-corrected chi connectivity index (χ4v) is 2.06. The van der Waals surface area contributed by atoms with Gasteiger partial charge in [-0.15, -0.1) is 0 Å². The first-order valence-corrected chi connectivity index (χ1v) is 7.04. The second-order valence-electron chi connectivity index (χ2n) is 4.98.